The van der Waals surface area contributed by atoms with E-state index in [1.54, 1.807) is 0 Å². The lowest BCUT2D eigenvalue weighted by Gasteiger charge is -2.22. The molecule has 2 atom stereocenters. The third kappa shape index (κ3) is 1.91. The standard InChI is InChI=1S/C14H11F3O4/c1-20-12(19)13-5-7-2-3-8(14(15,16)17)4-9(7)11(13)21-10(18)6-13/h2-4,11H,5-6H2,1H3/t11-,13+/m1/s1. The molecule has 0 saturated carbocycles. The van der Waals surface area contributed by atoms with Crippen LogP contribution in [-0.4, -0.2) is 19.0 Å². The molecular formula is C14H11F3O4. The summed E-state index contributed by atoms with van der Waals surface area (Å²) in [6, 6.07) is 3.24. The first-order valence-corrected chi connectivity index (χ1v) is 6.26. The molecule has 0 N–H and O–H groups in total. The first kappa shape index (κ1) is 13.9. The van der Waals surface area contributed by atoms with Crippen LogP contribution in [0.4, 0.5) is 13.2 Å². The lowest BCUT2D eigenvalue weighted by Crippen LogP contribution is -2.33. The number of halogens is 3. The van der Waals surface area contributed by atoms with Crippen molar-refractivity contribution in [2.45, 2.75) is 25.1 Å². The van der Waals surface area contributed by atoms with Gasteiger partial charge in [-0.3, -0.25) is 9.59 Å². The SMILES string of the molecule is COC(=O)[C@@]12CC(=O)O[C@@H]1c1cc(C(F)(F)F)ccc1C2. The Labute approximate surface area is 117 Å². The number of carbonyl (C=O) groups is 2. The summed E-state index contributed by atoms with van der Waals surface area (Å²) in [6.45, 7) is 0. The number of alkyl halides is 3. The van der Waals surface area contributed by atoms with Gasteiger partial charge in [0.1, 0.15) is 11.5 Å². The number of fused-ring (bicyclic) bond motifs is 3. The Hall–Kier alpha value is -2.05. The first-order chi connectivity index (χ1) is 9.78. The monoisotopic (exact) mass is 300 g/mol. The van der Waals surface area contributed by atoms with Crippen molar-refractivity contribution in [3.63, 3.8) is 0 Å². The van der Waals surface area contributed by atoms with Gasteiger partial charge < -0.3 is 9.47 Å². The van der Waals surface area contributed by atoms with E-state index < -0.39 is 35.2 Å². The van der Waals surface area contributed by atoms with E-state index in [1.165, 1.54) is 13.2 Å². The molecule has 1 aliphatic heterocycles. The lowest BCUT2D eigenvalue weighted by atomic mass is 9.81. The predicted molar refractivity (Wildman–Crippen MR) is 63.0 cm³/mol. The van der Waals surface area contributed by atoms with Crippen LogP contribution in [-0.2, 0) is 31.7 Å². The second kappa shape index (κ2) is 4.22. The molecule has 1 aromatic rings. The minimum atomic E-state index is -4.49. The number of carbonyl (C=O) groups excluding carboxylic acids is 2. The Morgan fingerprint density at radius 2 is 2.10 bits per heavy atom. The first-order valence-electron chi connectivity index (χ1n) is 6.26. The second-order valence-electron chi connectivity index (χ2n) is 5.28. The van der Waals surface area contributed by atoms with Crippen LogP contribution in [0.3, 0.4) is 0 Å². The molecule has 21 heavy (non-hydrogen) atoms. The maximum Gasteiger partial charge on any atom is 0.416 e. The van der Waals surface area contributed by atoms with E-state index >= 15 is 0 Å². The highest BCUT2D eigenvalue weighted by atomic mass is 19.4. The minimum absolute atomic E-state index is 0.142. The third-order valence-corrected chi connectivity index (χ3v) is 4.06. The molecule has 0 spiro atoms. The molecule has 112 valence electrons. The Morgan fingerprint density at radius 1 is 1.38 bits per heavy atom. The fourth-order valence-corrected chi connectivity index (χ4v) is 3.12. The molecule has 0 aromatic heterocycles. The zero-order valence-electron chi connectivity index (χ0n) is 11.0. The van der Waals surface area contributed by atoms with Crippen molar-refractivity contribution < 1.29 is 32.2 Å². The van der Waals surface area contributed by atoms with Crippen molar-refractivity contribution in [1.29, 1.82) is 0 Å². The van der Waals surface area contributed by atoms with Crippen LogP contribution < -0.4 is 0 Å². The van der Waals surface area contributed by atoms with Gasteiger partial charge in [-0.25, -0.2) is 0 Å². The highest BCUT2D eigenvalue weighted by Gasteiger charge is 2.60. The van der Waals surface area contributed by atoms with Gasteiger partial charge in [0.2, 0.25) is 0 Å². The number of benzene rings is 1. The molecule has 0 radical (unpaired) electrons. The van der Waals surface area contributed by atoms with Crippen LogP contribution >= 0.6 is 0 Å². The topological polar surface area (TPSA) is 52.6 Å². The number of hydrogen-bond acceptors (Lipinski definition) is 4. The summed E-state index contributed by atoms with van der Waals surface area (Å²) in [5.74, 6) is -1.24. The molecule has 0 amide bonds. The summed E-state index contributed by atoms with van der Waals surface area (Å²) in [5, 5.41) is 0. The Kier molecular flexibility index (Phi) is 2.80. The van der Waals surface area contributed by atoms with Gasteiger partial charge in [-0.15, -0.1) is 0 Å². The molecule has 1 fully saturated rings. The van der Waals surface area contributed by atoms with E-state index in [9.17, 15) is 22.8 Å². The summed E-state index contributed by atoms with van der Waals surface area (Å²) in [5.41, 5.74) is -1.25. The van der Waals surface area contributed by atoms with Gasteiger partial charge in [0, 0.05) is 0 Å². The molecule has 0 unspecified atom stereocenters. The molecule has 1 saturated heterocycles. The Morgan fingerprint density at radius 3 is 2.71 bits per heavy atom. The fraction of sp³-hybridized carbons (Fsp3) is 0.429. The molecule has 7 heteroatoms. The van der Waals surface area contributed by atoms with E-state index in [-0.39, 0.29) is 18.4 Å². The van der Waals surface area contributed by atoms with E-state index in [0.717, 1.165) is 12.1 Å². The summed E-state index contributed by atoms with van der Waals surface area (Å²) >= 11 is 0. The van der Waals surface area contributed by atoms with Crippen LogP contribution in [0.15, 0.2) is 18.2 Å². The van der Waals surface area contributed by atoms with Gasteiger partial charge in [-0.05, 0) is 29.7 Å². The average Bonchev–Trinajstić information content (AvgIpc) is 2.88. The van der Waals surface area contributed by atoms with Crippen LogP contribution in [0.2, 0.25) is 0 Å². The quantitative estimate of drug-likeness (QED) is 0.747. The summed E-state index contributed by atoms with van der Waals surface area (Å²) in [4.78, 5) is 23.6. The number of rotatable bonds is 1. The van der Waals surface area contributed by atoms with Gasteiger partial charge in [0.15, 0.2) is 0 Å². The van der Waals surface area contributed by atoms with E-state index in [2.05, 4.69) is 0 Å². The summed E-state index contributed by atoms with van der Waals surface area (Å²) in [7, 11) is 1.18. The lowest BCUT2D eigenvalue weighted by molar-refractivity contribution is -0.155. The smallest absolute Gasteiger partial charge is 0.416 e. The van der Waals surface area contributed by atoms with Gasteiger partial charge >= 0.3 is 18.1 Å². The van der Waals surface area contributed by atoms with Gasteiger partial charge in [0.25, 0.3) is 0 Å². The number of esters is 2. The fourth-order valence-electron chi connectivity index (χ4n) is 3.12. The highest BCUT2D eigenvalue weighted by Crippen LogP contribution is 2.55. The summed E-state index contributed by atoms with van der Waals surface area (Å²) in [6.07, 6.45) is -5.53. The average molecular weight is 300 g/mol. The summed E-state index contributed by atoms with van der Waals surface area (Å²) < 4.78 is 48.2. The third-order valence-electron chi connectivity index (χ3n) is 4.06. The minimum Gasteiger partial charge on any atom is -0.468 e. The van der Waals surface area contributed by atoms with Crippen molar-refractivity contribution in [3.8, 4) is 0 Å². The van der Waals surface area contributed by atoms with Crippen molar-refractivity contribution >= 4 is 11.9 Å². The number of hydrogen-bond donors (Lipinski definition) is 0. The van der Waals surface area contributed by atoms with Crippen LogP contribution in [0.1, 0.15) is 29.2 Å². The van der Waals surface area contributed by atoms with Crippen LogP contribution in [0, 0.1) is 5.41 Å². The number of ether oxygens (including phenoxy) is 2. The molecule has 1 aromatic carbocycles. The molecule has 3 rings (SSSR count). The van der Waals surface area contributed by atoms with Gasteiger partial charge in [-0.2, -0.15) is 13.2 Å². The van der Waals surface area contributed by atoms with Crippen LogP contribution in [0.25, 0.3) is 0 Å². The molecule has 0 bridgehead atoms. The van der Waals surface area contributed by atoms with E-state index in [0.29, 0.717) is 5.56 Å². The maximum atomic E-state index is 12.8. The van der Waals surface area contributed by atoms with Crippen molar-refractivity contribution in [2.75, 3.05) is 7.11 Å². The molecular weight excluding hydrogens is 289 g/mol. The Balaban J connectivity index is 2.10. The Bertz CT molecular complexity index is 638. The van der Waals surface area contributed by atoms with Crippen molar-refractivity contribution in [3.05, 3.63) is 34.9 Å². The molecule has 4 nitrogen and oxygen atoms in total. The van der Waals surface area contributed by atoms with Crippen molar-refractivity contribution in [1.82, 2.24) is 0 Å². The highest BCUT2D eigenvalue weighted by molar-refractivity contribution is 5.89. The molecule has 2 aliphatic rings. The number of methoxy groups -OCH3 is 1. The van der Waals surface area contributed by atoms with E-state index in [4.69, 9.17) is 9.47 Å². The second-order valence-corrected chi connectivity index (χ2v) is 5.28. The predicted octanol–water partition coefficient (Wildman–Crippen LogP) is 2.41. The van der Waals surface area contributed by atoms with Crippen LogP contribution in [0.5, 0.6) is 0 Å². The molecule has 1 heterocycles. The van der Waals surface area contributed by atoms with Crippen molar-refractivity contribution in [2.24, 2.45) is 5.41 Å². The molecule has 1 aliphatic carbocycles. The van der Waals surface area contributed by atoms with E-state index in [1.807, 2.05) is 0 Å². The maximum absolute atomic E-state index is 12.8. The normalized spacial score (nSPS) is 27.0. The van der Waals surface area contributed by atoms with Gasteiger partial charge in [-0.1, -0.05) is 6.07 Å². The zero-order chi connectivity index (χ0) is 15.4. The largest absolute Gasteiger partial charge is 0.468 e. The van der Waals surface area contributed by atoms with Gasteiger partial charge in [0.05, 0.1) is 19.1 Å². The zero-order valence-corrected chi connectivity index (χ0v) is 11.0.